The molecule has 0 bridgehead atoms. The topological polar surface area (TPSA) is 118 Å². The summed E-state index contributed by atoms with van der Waals surface area (Å²) < 4.78 is 34.3. The number of nitrogens with zero attached hydrogens (tertiary/aromatic N) is 4. The highest BCUT2D eigenvalue weighted by Crippen LogP contribution is 2.47. The molecule has 0 radical (unpaired) electrons. The number of nitrogens with one attached hydrogen (secondary N) is 2. The summed E-state index contributed by atoms with van der Waals surface area (Å²) in [6.45, 7) is 5.92. The van der Waals surface area contributed by atoms with Gasteiger partial charge in [-0.3, -0.25) is 19.0 Å². The molecule has 1 aliphatic heterocycles. The molecule has 1 aliphatic rings. The van der Waals surface area contributed by atoms with Gasteiger partial charge >= 0.3 is 5.97 Å². The summed E-state index contributed by atoms with van der Waals surface area (Å²) in [4.78, 5) is 16.7. The molecule has 13 heteroatoms. The number of hydrogen-bond acceptors (Lipinski definition) is 9. The van der Waals surface area contributed by atoms with E-state index in [0.717, 1.165) is 11.7 Å². The van der Waals surface area contributed by atoms with Crippen LogP contribution in [-0.2, 0) is 18.8 Å². The monoisotopic (exact) mass is 474 g/mol. The van der Waals surface area contributed by atoms with Crippen LogP contribution >= 0.6 is 30.8 Å². The maximum atomic E-state index is 13.8. The smallest absolute Gasteiger partial charge is 0.323 e. The number of ether oxygens (including phenoxy) is 2. The van der Waals surface area contributed by atoms with E-state index in [2.05, 4.69) is 24.1 Å². The van der Waals surface area contributed by atoms with Gasteiger partial charge in [0.1, 0.15) is 23.4 Å². The second-order valence-electron chi connectivity index (χ2n) is 6.96. The molecule has 10 nitrogen and oxygen atoms in total. The van der Waals surface area contributed by atoms with E-state index in [-0.39, 0.29) is 12.5 Å². The summed E-state index contributed by atoms with van der Waals surface area (Å²) in [6, 6.07) is 2.69. The van der Waals surface area contributed by atoms with Crippen LogP contribution < -0.4 is 10.4 Å². The normalized spacial score (nSPS) is 17.1. The molecule has 1 aromatic carbocycles. The highest BCUT2D eigenvalue weighted by Gasteiger charge is 2.38. The molecule has 2 aromatic rings. The summed E-state index contributed by atoms with van der Waals surface area (Å²) >= 11 is 7.44. The van der Waals surface area contributed by atoms with Crippen molar-refractivity contribution in [2.45, 2.75) is 32.9 Å². The Morgan fingerprint density at radius 3 is 2.83 bits per heavy atom. The van der Waals surface area contributed by atoms with Crippen molar-refractivity contribution in [1.82, 2.24) is 18.5 Å². The fourth-order valence-corrected chi connectivity index (χ4v) is 5.94. The lowest BCUT2D eigenvalue weighted by atomic mass is 10.2. The minimum absolute atomic E-state index is 0.122. The zero-order valence-electron chi connectivity index (χ0n) is 17.1. The maximum absolute atomic E-state index is 13.8. The third-order valence-corrected chi connectivity index (χ3v) is 7.65. The molecule has 0 fully saturated rings. The van der Waals surface area contributed by atoms with Crippen molar-refractivity contribution in [1.29, 1.82) is 0 Å². The van der Waals surface area contributed by atoms with Crippen molar-refractivity contribution < 1.29 is 18.8 Å². The van der Waals surface area contributed by atoms with Gasteiger partial charge in [-0.15, -0.1) is 0 Å². The van der Waals surface area contributed by atoms with Crippen molar-refractivity contribution in [3.63, 3.8) is 0 Å². The Balaban J connectivity index is 1.85. The number of aliphatic imine (C=N–C) groups is 1. The van der Waals surface area contributed by atoms with Crippen LogP contribution in [0.25, 0.3) is 11.0 Å². The van der Waals surface area contributed by atoms with Crippen LogP contribution in [0.5, 0.6) is 0 Å². The van der Waals surface area contributed by atoms with Gasteiger partial charge in [0.05, 0.1) is 35.1 Å². The molecule has 164 valence electrons. The SMILES string of the molecule is COCP(=O)(N[C@@H](C)C(=O)OC(C)C)N1CCN=C1Nc1c(Cl)ccc2nsnc12. The van der Waals surface area contributed by atoms with Gasteiger partial charge in [0.25, 0.3) is 7.44 Å². The molecule has 0 saturated heterocycles. The number of halogens is 1. The van der Waals surface area contributed by atoms with Crippen LogP contribution in [0.3, 0.4) is 0 Å². The number of rotatable bonds is 8. The number of fused-ring (bicyclic) bond motifs is 1. The first kappa shape index (κ1) is 22.9. The number of methoxy groups -OCH3 is 1. The van der Waals surface area contributed by atoms with Gasteiger partial charge in [-0.05, 0) is 32.9 Å². The molecule has 0 saturated carbocycles. The summed E-state index contributed by atoms with van der Waals surface area (Å²) in [7, 11) is -1.94. The van der Waals surface area contributed by atoms with Crippen LogP contribution in [0.15, 0.2) is 17.1 Å². The van der Waals surface area contributed by atoms with Gasteiger partial charge in [-0.2, -0.15) is 8.75 Å². The highest BCUT2D eigenvalue weighted by molar-refractivity contribution is 7.60. The molecule has 1 aromatic heterocycles. The van der Waals surface area contributed by atoms with E-state index >= 15 is 0 Å². The summed E-state index contributed by atoms with van der Waals surface area (Å²) in [5.74, 6) is -0.136. The van der Waals surface area contributed by atoms with Gasteiger partial charge in [0.2, 0.25) is 5.96 Å². The second-order valence-corrected chi connectivity index (χ2v) is 10.3. The van der Waals surface area contributed by atoms with E-state index in [1.165, 1.54) is 7.11 Å². The fourth-order valence-electron chi connectivity index (χ4n) is 2.96. The molecule has 30 heavy (non-hydrogen) atoms. The van der Waals surface area contributed by atoms with Crippen molar-refractivity contribution in [2.24, 2.45) is 4.99 Å². The van der Waals surface area contributed by atoms with E-state index in [1.807, 2.05) is 0 Å². The Bertz CT molecular complexity index is 1000. The molecule has 2 atom stereocenters. The first-order chi connectivity index (χ1) is 14.2. The first-order valence-electron chi connectivity index (χ1n) is 9.31. The predicted octanol–water partition coefficient (Wildman–Crippen LogP) is 3.15. The third kappa shape index (κ3) is 4.92. The summed E-state index contributed by atoms with van der Waals surface area (Å²) in [6.07, 6.45) is -0.396. The Labute approximate surface area is 183 Å². The maximum Gasteiger partial charge on any atom is 0.323 e. The largest absolute Gasteiger partial charge is 0.462 e. The second kappa shape index (κ2) is 9.57. The number of benzene rings is 1. The molecular weight excluding hydrogens is 451 g/mol. The van der Waals surface area contributed by atoms with Gasteiger partial charge in [-0.1, -0.05) is 11.6 Å². The van der Waals surface area contributed by atoms with E-state index < -0.39 is 19.5 Å². The number of guanidine groups is 1. The van der Waals surface area contributed by atoms with Gasteiger partial charge in [0, 0.05) is 13.7 Å². The fraction of sp³-hybridized carbons (Fsp3) is 0.529. The quantitative estimate of drug-likeness (QED) is 0.439. The molecule has 2 N–H and O–H groups in total. The zero-order chi connectivity index (χ0) is 21.9. The number of hydrogen-bond donors (Lipinski definition) is 2. The first-order valence-corrected chi connectivity index (χ1v) is 12.3. The lowest BCUT2D eigenvalue weighted by Gasteiger charge is -2.32. The van der Waals surface area contributed by atoms with Gasteiger partial charge < -0.3 is 14.8 Å². The average Bonchev–Trinajstić information content (AvgIpc) is 3.33. The van der Waals surface area contributed by atoms with Crippen molar-refractivity contribution in [3.05, 3.63) is 17.2 Å². The average molecular weight is 475 g/mol. The lowest BCUT2D eigenvalue weighted by molar-refractivity contribution is -0.149. The standard InChI is InChI=1S/C17H24ClN6O4PS/c1-10(2)28-16(25)11(3)21-29(26,9-27-4)24-8-7-19-17(24)20-14-12(18)5-6-13-15(14)23-30-22-13/h5-6,10-11H,7-9H2,1-4H3,(H,19,20)(H,21,26)/t11-,29?/m0/s1. The molecule has 0 spiro atoms. The Hall–Kier alpha value is -1.78. The van der Waals surface area contributed by atoms with Crippen LogP contribution in [0.2, 0.25) is 5.02 Å². The van der Waals surface area contributed by atoms with Crippen molar-refractivity contribution >= 4 is 59.4 Å². The van der Waals surface area contributed by atoms with Crippen molar-refractivity contribution in [2.75, 3.05) is 31.9 Å². The summed E-state index contributed by atoms with van der Waals surface area (Å²) in [5, 5.41) is 6.50. The number of esters is 1. The Kier molecular flexibility index (Phi) is 7.30. The molecule has 3 rings (SSSR count). The van der Waals surface area contributed by atoms with E-state index in [4.69, 9.17) is 21.1 Å². The summed E-state index contributed by atoms with van der Waals surface area (Å²) in [5.41, 5.74) is 1.83. The third-order valence-electron chi connectivity index (χ3n) is 4.23. The molecular formula is C17H24ClN6O4PS. The minimum Gasteiger partial charge on any atom is -0.462 e. The molecule has 2 heterocycles. The lowest BCUT2D eigenvalue weighted by Crippen LogP contribution is -2.42. The number of aromatic nitrogens is 2. The Morgan fingerprint density at radius 1 is 1.37 bits per heavy atom. The van der Waals surface area contributed by atoms with Crippen molar-refractivity contribution in [3.8, 4) is 0 Å². The van der Waals surface area contributed by atoms with Crippen LogP contribution in [0.1, 0.15) is 20.8 Å². The van der Waals surface area contributed by atoms with Gasteiger partial charge in [-0.25, -0.2) is 5.09 Å². The number of carbonyl (C=O) groups is 1. The van der Waals surface area contributed by atoms with Crippen LogP contribution in [0, 0.1) is 0 Å². The van der Waals surface area contributed by atoms with Crippen LogP contribution in [-0.4, -0.2) is 64.0 Å². The number of anilines is 1. The zero-order valence-corrected chi connectivity index (χ0v) is 19.6. The molecule has 0 amide bonds. The molecule has 0 aliphatic carbocycles. The van der Waals surface area contributed by atoms with E-state index in [9.17, 15) is 9.36 Å². The van der Waals surface area contributed by atoms with Crippen LogP contribution in [0.4, 0.5) is 5.69 Å². The minimum atomic E-state index is -3.38. The van der Waals surface area contributed by atoms with Gasteiger partial charge in [0.15, 0.2) is 0 Å². The Morgan fingerprint density at radius 2 is 2.13 bits per heavy atom. The number of carbonyl (C=O) groups excluding carboxylic acids is 1. The van der Waals surface area contributed by atoms with E-state index in [1.54, 1.807) is 37.6 Å². The molecule has 1 unspecified atom stereocenters. The highest BCUT2D eigenvalue weighted by atomic mass is 35.5. The van der Waals surface area contributed by atoms with E-state index in [0.29, 0.717) is 40.8 Å². The predicted molar refractivity (Wildman–Crippen MR) is 118 cm³/mol.